The normalized spacial score (nSPS) is 10.5. The third-order valence-electron chi connectivity index (χ3n) is 4.78. The number of anilines is 1. The molecule has 0 spiro atoms. The zero-order chi connectivity index (χ0) is 23.3. The monoisotopic (exact) mass is 454 g/mol. The first-order valence-corrected chi connectivity index (χ1v) is 10.3. The molecule has 0 atom stereocenters. The average Bonchev–Trinajstić information content (AvgIpc) is 2.78. The van der Waals surface area contributed by atoms with Gasteiger partial charge >= 0.3 is 0 Å². The quantitative estimate of drug-likeness (QED) is 0.591. The van der Waals surface area contributed by atoms with Crippen LogP contribution in [-0.2, 0) is 4.79 Å². The van der Waals surface area contributed by atoms with E-state index in [-0.39, 0.29) is 18.8 Å². The number of aryl methyl sites for hydroxylation is 1. The summed E-state index contributed by atoms with van der Waals surface area (Å²) in [4.78, 5) is 39.5. The van der Waals surface area contributed by atoms with E-state index >= 15 is 0 Å². The third kappa shape index (κ3) is 4.97. The van der Waals surface area contributed by atoms with Gasteiger partial charge in [0.05, 0.1) is 23.5 Å². The average molecular weight is 455 g/mol. The number of likely N-dealkylation sites (N-methyl/N-ethyl adjacent to an activating group) is 1. The summed E-state index contributed by atoms with van der Waals surface area (Å²) in [5.74, 6) is -0.574. The summed E-state index contributed by atoms with van der Waals surface area (Å²) in [5, 5.41) is 7.41. The fourth-order valence-corrected chi connectivity index (χ4v) is 3.37. The van der Waals surface area contributed by atoms with Crippen LogP contribution in [0.1, 0.15) is 23.1 Å². The lowest BCUT2D eigenvalue weighted by atomic mass is 10.2. The van der Waals surface area contributed by atoms with Crippen molar-refractivity contribution in [1.29, 1.82) is 0 Å². The third-order valence-corrected chi connectivity index (χ3v) is 5.09. The number of benzene rings is 2. The van der Waals surface area contributed by atoms with Crippen molar-refractivity contribution in [2.75, 3.05) is 25.5 Å². The molecule has 0 radical (unpaired) electrons. The molecule has 0 aliphatic rings. The number of amides is 2. The molecule has 0 fully saturated rings. The molecule has 9 heteroatoms. The Labute approximate surface area is 190 Å². The van der Waals surface area contributed by atoms with Crippen molar-refractivity contribution in [3.8, 4) is 11.4 Å². The van der Waals surface area contributed by atoms with Gasteiger partial charge in [0.2, 0.25) is 11.3 Å². The molecule has 3 rings (SSSR count). The number of ether oxygens (including phenoxy) is 1. The van der Waals surface area contributed by atoms with Crippen LogP contribution in [0.3, 0.4) is 0 Å². The van der Waals surface area contributed by atoms with Crippen LogP contribution < -0.4 is 15.5 Å². The molecule has 0 saturated carbocycles. The maximum Gasteiger partial charge on any atom is 0.278 e. The highest BCUT2D eigenvalue weighted by molar-refractivity contribution is 6.32. The van der Waals surface area contributed by atoms with E-state index in [9.17, 15) is 14.4 Å². The first-order valence-electron chi connectivity index (χ1n) is 9.93. The van der Waals surface area contributed by atoms with Crippen molar-refractivity contribution in [1.82, 2.24) is 14.7 Å². The molecule has 0 saturated heterocycles. The highest BCUT2D eigenvalue weighted by Crippen LogP contribution is 2.23. The number of nitrogens with zero attached hydrogens (tertiary/aromatic N) is 3. The molecule has 0 unspecified atom stereocenters. The second kappa shape index (κ2) is 10.1. The highest BCUT2D eigenvalue weighted by atomic mass is 35.5. The van der Waals surface area contributed by atoms with Crippen LogP contribution in [0.2, 0.25) is 5.02 Å². The Morgan fingerprint density at radius 1 is 1.16 bits per heavy atom. The number of hydrogen-bond acceptors (Lipinski definition) is 5. The molecule has 166 valence electrons. The van der Waals surface area contributed by atoms with Crippen LogP contribution in [0.4, 0.5) is 5.69 Å². The zero-order valence-electron chi connectivity index (χ0n) is 18.0. The molecule has 8 nitrogen and oxygen atoms in total. The maximum absolute atomic E-state index is 13.1. The van der Waals surface area contributed by atoms with Crippen LogP contribution in [0.25, 0.3) is 5.69 Å². The van der Waals surface area contributed by atoms with Gasteiger partial charge in [-0.15, -0.1) is 0 Å². The van der Waals surface area contributed by atoms with E-state index in [2.05, 4.69) is 10.4 Å². The van der Waals surface area contributed by atoms with Crippen LogP contribution in [0.5, 0.6) is 5.75 Å². The number of aromatic nitrogens is 2. The molecule has 0 aliphatic carbocycles. The molecule has 32 heavy (non-hydrogen) atoms. The van der Waals surface area contributed by atoms with Gasteiger partial charge in [-0.25, -0.2) is 4.68 Å². The van der Waals surface area contributed by atoms with E-state index in [1.165, 1.54) is 22.8 Å². The highest BCUT2D eigenvalue weighted by Gasteiger charge is 2.23. The fraction of sp³-hybridized carbons (Fsp3) is 0.217. The van der Waals surface area contributed by atoms with Gasteiger partial charge in [-0.2, -0.15) is 5.10 Å². The minimum atomic E-state index is -0.645. The molecular weight excluding hydrogens is 432 g/mol. The van der Waals surface area contributed by atoms with Crippen molar-refractivity contribution in [3.05, 3.63) is 81.2 Å². The van der Waals surface area contributed by atoms with E-state index in [0.29, 0.717) is 27.8 Å². The van der Waals surface area contributed by atoms with Crippen LogP contribution in [0, 0.1) is 6.92 Å². The van der Waals surface area contributed by atoms with Gasteiger partial charge in [0, 0.05) is 18.3 Å². The molecular formula is C23H23ClN4O4. The molecule has 1 N–H and O–H groups in total. The van der Waals surface area contributed by atoms with Crippen molar-refractivity contribution >= 4 is 29.1 Å². The largest absolute Gasteiger partial charge is 0.495 e. The Bertz CT molecular complexity index is 1210. The van der Waals surface area contributed by atoms with E-state index in [1.54, 1.807) is 62.4 Å². The van der Waals surface area contributed by atoms with Crippen molar-refractivity contribution in [2.24, 2.45) is 0 Å². The topological polar surface area (TPSA) is 93.5 Å². The predicted molar refractivity (Wildman–Crippen MR) is 123 cm³/mol. The summed E-state index contributed by atoms with van der Waals surface area (Å²) in [6.07, 6.45) is 0. The van der Waals surface area contributed by atoms with Gasteiger partial charge in [0.25, 0.3) is 5.91 Å². The first kappa shape index (κ1) is 23.0. The van der Waals surface area contributed by atoms with Crippen molar-refractivity contribution < 1.29 is 14.3 Å². The SMILES string of the molecule is CCN(CC(=O)Nc1ccccc1OC)C(=O)c1nn(-c2ccccc2Cl)c(C)cc1=O. The fourth-order valence-electron chi connectivity index (χ4n) is 3.15. The number of para-hydroxylation sites is 3. The summed E-state index contributed by atoms with van der Waals surface area (Å²) < 4.78 is 6.67. The number of methoxy groups -OCH3 is 1. The zero-order valence-corrected chi connectivity index (χ0v) is 18.7. The smallest absolute Gasteiger partial charge is 0.278 e. The summed E-state index contributed by atoms with van der Waals surface area (Å²) in [5.41, 5.74) is 0.731. The van der Waals surface area contributed by atoms with Gasteiger partial charge in [0.15, 0.2) is 5.69 Å². The van der Waals surface area contributed by atoms with E-state index in [4.69, 9.17) is 16.3 Å². The van der Waals surface area contributed by atoms with Crippen molar-refractivity contribution in [3.63, 3.8) is 0 Å². The van der Waals surface area contributed by atoms with Gasteiger partial charge in [-0.05, 0) is 38.1 Å². The van der Waals surface area contributed by atoms with Gasteiger partial charge < -0.3 is 15.0 Å². The molecule has 2 amide bonds. The van der Waals surface area contributed by atoms with Crippen LogP contribution in [0.15, 0.2) is 59.4 Å². The van der Waals surface area contributed by atoms with E-state index in [1.807, 2.05) is 0 Å². The molecule has 3 aromatic rings. The molecule has 0 aliphatic heterocycles. The molecule has 2 aromatic carbocycles. The second-order valence-corrected chi connectivity index (χ2v) is 7.34. The van der Waals surface area contributed by atoms with Crippen LogP contribution >= 0.6 is 11.6 Å². The number of carbonyl (C=O) groups is 2. The van der Waals surface area contributed by atoms with Gasteiger partial charge in [-0.3, -0.25) is 14.4 Å². The summed E-state index contributed by atoms with van der Waals surface area (Å²) in [7, 11) is 1.50. The summed E-state index contributed by atoms with van der Waals surface area (Å²) in [6, 6.07) is 15.3. The van der Waals surface area contributed by atoms with Gasteiger partial charge in [-0.1, -0.05) is 35.9 Å². The molecule has 0 bridgehead atoms. The minimum Gasteiger partial charge on any atom is -0.495 e. The summed E-state index contributed by atoms with van der Waals surface area (Å²) >= 11 is 6.27. The minimum absolute atomic E-state index is 0.208. The predicted octanol–water partition coefficient (Wildman–Crippen LogP) is 3.30. The number of hydrogen-bond donors (Lipinski definition) is 1. The second-order valence-electron chi connectivity index (χ2n) is 6.93. The number of carbonyl (C=O) groups excluding carboxylic acids is 2. The van der Waals surface area contributed by atoms with Gasteiger partial charge in [0.1, 0.15) is 12.3 Å². The lowest BCUT2D eigenvalue weighted by Crippen LogP contribution is -2.41. The molecule has 1 aromatic heterocycles. The first-order chi connectivity index (χ1) is 15.3. The Morgan fingerprint density at radius 2 is 1.84 bits per heavy atom. The summed E-state index contributed by atoms with van der Waals surface area (Å²) in [6.45, 7) is 3.37. The Hall–Kier alpha value is -3.65. The Kier molecular flexibility index (Phi) is 7.27. The maximum atomic E-state index is 13.1. The number of halogens is 1. The number of nitrogens with one attached hydrogen (secondary N) is 1. The number of rotatable bonds is 7. The standard InChI is InChI=1S/C23H23ClN4O4/c1-4-27(14-21(30)25-17-10-6-8-12-20(17)32-3)23(31)22-19(29)13-15(2)28(26-22)18-11-7-5-9-16(18)24/h5-13H,4,14H2,1-3H3,(H,25,30). The Balaban J connectivity index is 1.86. The van der Waals surface area contributed by atoms with E-state index < -0.39 is 17.2 Å². The van der Waals surface area contributed by atoms with Crippen LogP contribution in [-0.4, -0.2) is 46.7 Å². The Morgan fingerprint density at radius 3 is 2.53 bits per heavy atom. The lowest BCUT2D eigenvalue weighted by molar-refractivity contribution is -0.116. The van der Waals surface area contributed by atoms with Crippen molar-refractivity contribution in [2.45, 2.75) is 13.8 Å². The lowest BCUT2D eigenvalue weighted by Gasteiger charge is -2.21. The van der Waals surface area contributed by atoms with E-state index in [0.717, 1.165) is 0 Å². The molecule has 1 heterocycles.